The second kappa shape index (κ2) is 5.68. The van der Waals surface area contributed by atoms with Crippen LogP contribution in [0, 0.1) is 0 Å². The van der Waals surface area contributed by atoms with Crippen molar-refractivity contribution in [1.82, 2.24) is 14.5 Å². The number of aromatic nitrogens is 3. The third-order valence-corrected chi connectivity index (χ3v) is 4.26. The van der Waals surface area contributed by atoms with Crippen molar-refractivity contribution >= 4 is 23.6 Å². The lowest BCUT2D eigenvalue weighted by molar-refractivity contribution is -0.114. The Hall–Kier alpha value is -1.45. The smallest absolute Gasteiger partial charge is 0.353 e. The quantitative estimate of drug-likeness (QED) is 0.649. The Morgan fingerprint density at radius 2 is 2.42 bits per heavy atom. The molecule has 9 heteroatoms. The van der Waals surface area contributed by atoms with E-state index in [1.165, 1.54) is 29.6 Å². The van der Waals surface area contributed by atoms with E-state index >= 15 is 0 Å². The van der Waals surface area contributed by atoms with Crippen LogP contribution in [0.25, 0.3) is 0 Å². The van der Waals surface area contributed by atoms with Crippen LogP contribution in [-0.4, -0.2) is 48.6 Å². The van der Waals surface area contributed by atoms with Crippen LogP contribution in [0.1, 0.15) is 18.7 Å². The van der Waals surface area contributed by atoms with Gasteiger partial charge in [0.2, 0.25) is 11.9 Å². The van der Waals surface area contributed by atoms with Crippen LogP contribution in [0.15, 0.2) is 11.1 Å². The molecule has 0 spiro atoms. The average Bonchev–Trinajstić information content (AvgIpc) is 2.69. The summed E-state index contributed by atoms with van der Waals surface area (Å²) in [5, 5.41) is 20.5. The van der Waals surface area contributed by atoms with Crippen LogP contribution in [-0.2, 0) is 4.79 Å². The zero-order chi connectivity index (χ0) is 14.0. The second-order valence-electron chi connectivity index (χ2n) is 4.17. The highest BCUT2D eigenvalue weighted by atomic mass is 32.2. The minimum atomic E-state index is -0.665. The molecule has 8 nitrogen and oxygen atoms in total. The molecule has 19 heavy (non-hydrogen) atoms. The number of aliphatic hydroxyl groups excluding tert-OH is 2. The maximum atomic E-state index is 11.8. The summed E-state index contributed by atoms with van der Waals surface area (Å²) in [5.74, 6) is -0.404. The van der Waals surface area contributed by atoms with Gasteiger partial charge in [0.05, 0.1) is 23.3 Å². The highest BCUT2D eigenvalue weighted by Gasteiger charge is 2.34. The number of carbonyl (C=O) groups is 1. The first kappa shape index (κ1) is 14.0. The van der Waals surface area contributed by atoms with Gasteiger partial charge in [0.1, 0.15) is 6.33 Å². The summed E-state index contributed by atoms with van der Waals surface area (Å²) in [6, 6.07) is 0. The lowest BCUT2D eigenvalue weighted by Crippen LogP contribution is -2.27. The fourth-order valence-electron chi connectivity index (χ4n) is 1.81. The minimum absolute atomic E-state index is 0.0454. The van der Waals surface area contributed by atoms with Gasteiger partial charge in [0.15, 0.2) is 0 Å². The summed E-state index contributed by atoms with van der Waals surface area (Å²) in [5.41, 5.74) is -0.554. The first-order valence-electron chi connectivity index (χ1n) is 5.68. The molecule has 0 aromatic carbocycles. The van der Waals surface area contributed by atoms with Gasteiger partial charge in [-0.15, -0.1) is 11.8 Å². The van der Waals surface area contributed by atoms with Crippen molar-refractivity contribution in [2.45, 2.75) is 30.1 Å². The van der Waals surface area contributed by atoms with Crippen molar-refractivity contribution in [2.24, 2.45) is 0 Å². The maximum absolute atomic E-state index is 11.8. The summed E-state index contributed by atoms with van der Waals surface area (Å²) in [6.07, 6.45) is 0.963. The molecule has 1 aromatic heterocycles. The van der Waals surface area contributed by atoms with Crippen LogP contribution in [0.2, 0.25) is 0 Å². The van der Waals surface area contributed by atoms with Gasteiger partial charge in [0, 0.05) is 13.3 Å². The summed E-state index contributed by atoms with van der Waals surface area (Å²) >= 11 is 1.30. The fourth-order valence-corrected chi connectivity index (χ4v) is 3.18. The Morgan fingerprint density at radius 1 is 1.68 bits per heavy atom. The zero-order valence-corrected chi connectivity index (χ0v) is 11.0. The van der Waals surface area contributed by atoms with E-state index in [4.69, 9.17) is 5.11 Å². The summed E-state index contributed by atoms with van der Waals surface area (Å²) in [7, 11) is 0. The third-order valence-electron chi connectivity index (χ3n) is 2.71. The zero-order valence-electron chi connectivity index (χ0n) is 10.2. The largest absolute Gasteiger partial charge is 0.395 e. The van der Waals surface area contributed by atoms with Crippen molar-refractivity contribution < 1.29 is 15.0 Å². The molecule has 1 aromatic rings. The van der Waals surface area contributed by atoms with E-state index in [0.29, 0.717) is 6.42 Å². The summed E-state index contributed by atoms with van der Waals surface area (Å²) < 4.78 is 1.29. The van der Waals surface area contributed by atoms with Crippen molar-refractivity contribution in [3.05, 3.63) is 16.8 Å². The first-order chi connectivity index (χ1) is 9.01. The number of hydrogen-bond donors (Lipinski definition) is 3. The molecule has 1 fully saturated rings. The predicted molar refractivity (Wildman–Crippen MR) is 68.7 cm³/mol. The van der Waals surface area contributed by atoms with Crippen molar-refractivity contribution in [2.75, 3.05) is 11.9 Å². The molecule has 104 valence electrons. The van der Waals surface area contributed by atoms with Gasteiger partial charge < -0.3 is 10.2 Å². The second-order valence-corrected chi connectivity index (χ2v) is 5.59. The highest BCUT2D eigenvalue weighted by Crippen LogP contribution is 2.40. The molecule has 3 atom stereocenters. The summed E-state index contributed by atoms with van der Waals surface area (Å²) in [4.78, 5) is 30.1. The molecule has 1 saturated heterocycles. The van der Waals surface area contributed by atoms with Gasteiger partial charge in [-0.3, -0.25) is 14.7 Å². The Balaban J connectivity index is 2.18. The average molecular weight is 286 g/mol. The number of nitrogens with one attached hydrogen (secondary N) is 1. The number of amides is 1. The molecular formula is C10H14N4O4S. The number of thioether (sulfide) groups is 1. The van der Waals surface area contributed by atoms with Gasteiger partial charge in [-0.25, -0.2) is 9.78 Å². The molecule has 0 radical (unpaired) electrons. The van der Waals surface area contributed by atoms with Crippen molar-refractivity contribution in [1.29, 1.82) is 0 Å². The molecule has 1 amide bonds. The van der Waals surface area contributed by atoms with Crippen LogP contribution >= 0.6 is 11.8 Å². The van der Waals surface area contributed by atoms with Crippen molar-refractivity contribution in [3.63, 3.8) is 0 Å². The van der Waals surface area contributed by atoms with Crippen LogP contribution in [0.4, 0.5) is 5.95 Å². The number of anilines is 1. The SMILES string of the molecule is CC(=O)Nc1ncn([C@H]2C[C@@H](O)[C@@H](CO)S2)c(=O)n1. The van der Waals surface area contributed by atoms with E-state index in [-0.39, 0.29) is 29.1 Å². The first-order valence-corrected chi connectivity index (χ1v) is 6.62. The number of nitrogens with zero attached hydrogens (tertiary/aromatic N) is 3. The van der Waals surface area contributed by atoms with E-state index in [1.807, 2.05) is 0 Å². The van der Waals surface area contributed by atoms with Gasteiger partial charge in [0.25, 0.3) is 0 Å². The Kier molecular flexibility index (Phi) is 4.17. The van der Waals surface area contributed by atoms with E-state index in [2.05, 4.69) is 15.3 Å². The molecule has 0 unspecified atom stereocenters. The van der Waals surface area contributed by atoms with Gasteiger partial charge >= 0.3 is 5.69 Å². The van der Waals surface area contributed by atoms with Crippen LogP contribution < -0.4 is 11.0 Å². The Bertz CT molecular complexity index is 535. The molecule has 1 aliphatic rings. The lowest BCUT2D eigenvalue weighted by atomic mass is 10.2. The van der Waals surface area contributed by atoms with E-state index in [0.717, 1.165) is 0 Å². The van der Waals surface area contributed by atoms with E-state index < -0.39 is 11.8 Å². The van der Waals surface area contributed by atoms with Gasteiger partial charge in [-0.2, -0.15) is 4.98 Å². The van der Waals surface area contributed by atoms with Crippen LogP contribution in [0.3, 0.4) is 0 Å². The molecule has 3 N–H and O–H groups in total. The highest BCUT2D eigenvalue weighted by molar-refractivity contribution is 8.00. The Morgan fingerprint density at radius 3 is 2.95 bits per heavy atom. The molecule has 2 rings (SSSR count). The molecular weight excluding hydrogens is 272 g/mol. The van der Waals surface area contributed by atoms with Crippen molar-refractivity contribution in [3.8, 4) is 0 Å². The summed E-state index contributed by atoms with van der Waals surface area (Å²) in [6.45, 7) is 1.14. The molecule has 2 heterocycles. The van der Waals surface area contributed by atoms with E-state index in [1.54, 1.807) is 0 Å². The maximum Gasteiger partial charge on any atom is 0.353 e. The number of aliphatic hydroxyl groups is 2. The van der Waals surface area contributed by atoms with E-state index in [9.17, 15) is 14.7 Å². The minimum Gasteiger partial charge on any atom is -0.395 e. The molecule has 0 bridgehead atoms. The topological polar surface area (TPSA) is 117 Å². The third kappa shape index (κ3) is 3.11. The van der Waals surface area contributed by atoms with Gasteiger partial charge in [-0.1, -0.05) is 0 Å². The lowest BCUT2D eigenvalue weighted by Gasteiger charge is -2.12. The molecule has 0 saturated carbocycles. The Labute approximate surface area is 112 Å². The monoisotopic (exact) mass is 286 g/mol. The fraction of sp³-hybridized carbons (Fsp3) is 0.600. The number of carbonyl (C=O) groups excluding carboxylic acids is 1. The normalized spacial score (nSPS) is 26.4. The number of rotatable bonds is 3. The molecule has 1 aliphatic heterocycles. The number of hydrogen-bond acceptors (Lipinski definition) is 7. The van der Waals surface area contributed by atoms with Gasteiger partial charge in [-0.05, 0) is 0 Å². The predicted octanol–water partition coefficient (Wildman–Crippen LogP) is -1.05. The molecule has 0 aliphatic carbocycles. The van der Waals surface area contributed by atoms with Crippen LogP contribution in [0.5, 0.6) is 0 Å². The standard InChI is InChI=1S/C10H14N4O4S/c1-5(16)12-9-11-4-14(10(18)13-9)8-2-6(17)7(3-15)19-8/h4,6-8,15,17H,2-3H2,1H3,(H,12,13,16,18)/t6-,7-,8-/m1/s1.